The van der Waals surface area contributed by atoms with Crippen LogP contribution < -0.4 is 0 Å². The molecule has 3 nitrogen and oxygen atoms in total. The van der Waals surface area contributed by atoms with Crippen molar-refractivity contribution in [3.05, 3.63) is 54.7 Å². The summed E-state index contributed by atoms with van der Waals surface area (Å²) in [7, 11) is 0. The van der Waals surface area contributed by atoms with Crippen LogP contribution in [0.2, 0.25) is 0 Å². The Balaban J connectivity index is 0.000000207. The molecule has 0 spiro atoms. The molecule has 4 rings (SSSR count). The minimum absolute atomic E-state index is 0. The Morgan fingerprint density at radius 2 is 1.55 bits per heavy atom. The fourth-order valence-electron chi connectivity index (χ4n) is 5.25. The van der Waals surface area contributed by atoms with E-state index in [2.05, 4.69) is 24.9 Å². The van der Waals surface area contributed by atoms with Crippen LogP contribution in [-0.4, -0.2) is 27.4 Å². The Morgan fingerprint density at radius 3 is 2.00 bits per heavy atom. The van der Waals surface area contributed by atoms with E-state index in [1.807, 2.05) is 42.5 Å². The molecule has 0 bridgehead atoms. The summed E-state index contributed by atoms with van der Waals surface area (Å²) in [6, 6.07) is 16.8. The monoisotopic (exact) mass is 573 g/mol. The molecule has 2 saturated carbocycles. The van der Waals surface area contributed by atoms with E-state index < -0.39 is 0 Å². The van der Waals surface area contributed by atoms with Crippen molar-refractivity contribution < 1.29 is 30.3 Å². The van der Waals surface area contributed by atoms with Gasteiger partial charge in [0.25, 0.3) is 0 Å². The maximum atomic E-state index is 10.3. The van der Waals surface area contributed by atoms with Gasteiger partial charge >= 0.3 is 0 Å². The Labute approximate surface area is 189 Å². The van der Waals surface area contributed by atoms with Crippen LogP contribution in [0.25, 0.3) is 11.3 Å². The molecular formula is C25H34IrNO2-. The molecule has 0 amide bonds. The first-order chi connectivity index (χ1) is 13.7. The first kappa shape index (κ1) is 24.2. The van der Waals surface area contributed by atoms with E-state index in [9.17, 15) is 10.2 Å². The number of pyridine rings is 1. The SMILES string of the molecule is CCC[C@@H]1CC2C[C@H](CCC)C(O)C2C1O.[Ir].[c-]1ccccc1-c1ccccn1. The van der Waals surface area contributed by atoms with Crippen LogP contribution in [0.3, 0.4) is 0 Å². The second-order valence-corrected chi connectivity index (χ2v) is 8.38. The number of hydrogen-bond acceptors (Lipinski definition) is 3. The summed E-state index contributed by atoms with van der Waals surface area (Å²) < 4.78 is 0. The topological polar surface area (TPSA) is 53.4 Å². The minimum atomic E-state index is -0.234. The molecule has 2 N–H and O–H groups in total. The molecule has 2 aromatic rings. The number of aliphatic hydroxyl groups excluding tert-OH is 2. The number of rotatable bonds is 5. The van der Waals surface area contributed by atoms with Gasteiger partial charge < -0.3 is 15.2 Å². The maximum absolute atomic E-state index is 10.3. The molecular weight excluding hydrogens is 538 g/mol. The quantitative estimate of drug-likeness (QED) is 0.489. The zero-order valence-corrected chi connectivity index (χ0v) is 19.9. The fraction of sp³-hybridized carbons (Fsp3) is 0.560. The predicted molar refractivity (Wildman–Crippen MR) is 114 cm³/mol. The third kappa shape index (κ3) is 5.98. The average molecular weight is 573 g/mol. The van der Waals surface area contributed by atoms with Crippen LogP contribution in [0.15, 0.2) is 48.7 Å². The van der Waals surface area contributed by atoms with Crippen molar-refractivity contribution in [1.82, 2.24) is 4.98 Å². The van der Waals surface area contributed by atoms with E-state index in [1.54, 1.807) is 6.20 Å². The van der Waals surface area contributed by atoms with Crippen molar-refractivity contribution in [2.45, 2.75) is 64.6 Å². The molecule has 2 aliphatic rings. The van der Waals surface area contributed by atoms with Gasteiger partial charge in [0.2, 0.25) is 0 Å². The third-order valence-corrected chi connectivity index (χ3v) is 6.48. The Hall–Kier alpha value is -1.06. The van der Waals surface area contributed by atoms with Gasteiger partial charge in [0, 0.05) is 32.2 Å². The molecule has 6 atom stereocenters. The van der Waals surface area contributed by atoms with Gasteiger partial charge in [-0.2, -0.15) is 0 Å². The molecule has 1 heterocycles. The smallest absolute Gasteiger partial charge is 0.0624 e. The van der Waals surface area contributed by atoms with Crippen LogP contribution in [0, 0.1) is 29.7 Å². The second-order valence-electron chi connectivity index (χ2n) is 8.38. The second kappa shape index (κ2) is 12.0. The van der Waals surface area contributed by atoms with Crippen molar-refractivity contribution in [2.24, 2.45) is 23.7 Å². The van der Waals surface area contributed by atoms with E-state index in [-0.39, 0.29) is 38.2 Å². The van der Waals surface area contributed by atoms with E-state index >= 15 is 0 Å². The maximum Gasteiger partial charge on any atom is 0.0624 e. The van der Waals surface area contributed by atoms with E-state index in [0.29, 0.717) is 17.8 Å². The largest absolute Gasteiger partial charge is 0.392 e. The molecule has 2 aliphatic carbocycles. The number of aliphatic hydroxyl groups is 2. The molecule has 1 radical (unpaired) electrons. The molecule has 0 aliphatic heterocycles. The van der Waals surface area contributed by atoms with Gasteiger partial charge in [0.1, 0.15) is 0 Å². The summed E-state index contributed by atoms with van der Waals surface area (Å²) in [6.07, 6.45) is 8.16. The van der Waals surface area contributed by atoms with Gasteiger partial charge in [0.15, 0.2) is 0 Å². The standard InChI is InChI=1S/C14H26O2.C11H8N.Ir/c1-3-5-9-7-11-8-10(6-4-2)14(16)12(11)13(9)15;1-2-6-10(7-3-1)11-8-4-5-9-12-11;/h9-16H,3-8H2,1-2H3;1-6,8-9H;/q;-1;/t9-,10+,11?,12?,13?,14?;;. The van der Waals surface area contributed by atoms with Crippen LogP contribution in [0.5, 0.6) is 0 Å². The molecule has 4 heteroatoms. The minimum Gasteiger partial charge on any atom is -0.392 e. The van der Waals surface area contributed by atoms with Crippen molar-refractivity contribution in [1.29, 1.82) is 0 Å². The van der Waals surface area contributed by atoms with Gasteiger partial charge in [-0.05, 0) is 55.2 Å². The zero-order chi connectivity index (χ0) is 19.9. The number of benzene rings is 1. The van der Waals surface area contributed by atoms with Crippen molar-refractivity contribution in [3.63, 3.8) is 0 Å². The van der Waals surface area contributed by atoms with Crippen LogP contribution >= 0.6 is 0 Å². The van der Waals surface area contributed by atoms with Gasteiger partial charge in [-0.3, -0.25) is 0 Å². The van der Waals surface area contributed by atoms with Gasteiger partial charge in [0.05, 0.1) is 12.2 Å². The molecule has 4 unspecified atom stereocenters. The normalized spacial score (nSPS) is 30.1. The van der Waals surface area contributed by atoms with E-state index in [4.69, 9.17) is 0 Å². The van der Waals surface area contributed by atoms with Gasteiger partial charge in [-0.25, -0.2) is 0 Å². The summed E-state index contributed by atoms with van der Waals surface area (Å²) in [5.74, 6) is 1.70. The van der Waals surface area contributed by atoms with Crippen LogP contribution in [-0.2, 0) is 20.1 Å². The summed E-state index contributed by atoms with van der Waals surface area (Å²) in [5, 5.41) is 20.6. The molecule has 1 aromatic heterocycles. The average Bonchev–Trinajstić information content (AvgIpc) is 3.21. The van der Waals surface area contributed by atoms with Gasteiger partial charge in [-0.1, -0.05) is 38.8 Å². The number of fused-ring (bicyclic) bond motifs is 1. The number of hydrogen-bond donors (Lipinski definition) is 2. The molecule has 161 valence electrons. The molecule has 1 aromatic carbocycles. The van der Waals surface area contributed by atoms with Crippen molar-refractivity contribution in [3.8, 4) is 11.3 Å². The molecule has 29 heavy (non-hydrogen) atoms. The van der Waals surface area contributed by atoms with E-state index in [0.717, 1.165) is 49.8 Å². The third-order valence-electron chi connectivity index (χ3n) is 6.48. The Morgan fingerprint density at radius 1 is 0.931 bits per heavy atom. The number of nitrogens with zero attached hydrogens (tertiary/aromatic N) is 1. The van der Waals surface area contributed by atoms with Crippen LogP contribution in [0.1, 0.15) is 52.4 Å². The van der Waals surface area contributed by atoms with E-state index in [1.165, 1.54) is 0 Å². The molecule has 0 saturated heterocycles. The molecule has 2 fully saturated rings. The summed E-state index contributed by atoms with van der Waals surface area (Å²) in [5.41, 5.74) is 2.01. The van der Waals surface area contributed by atoms with Gasteiger partial charge in [-0.15, -0.1) is 35.9 Å². The predicted octanol–water partition coefficient (Wildman–Crippen LogP) is 5.13. The van der Waals surface area contributed by atoms with Crippen LogP contribution in [0.4, 0.5) is 0 Å². The first-order valence-electron chi connectivity index (χ1n) is 10.9. The zero-order valence-electron chi connectivity index (χ0n) is 17.5. The summed E-state index contributed by atoms with van der Waals surface area (Å²) in [4.78, 5) is 4.22. The summed E-state index contributed by atoms with van der Waals surface area (Å²) >= 11 is 0. The van der Waals surface area contributed by atoms with Crippen molar-refractivity contribution >= 4 is 0 Å². The fourth-order valence-corrected chi connectivity index (χ4v) is 5.25. The first-order valence-corrected chi connectivity index (χ1v) is 10.9. The Bertz CT molecular complexity index is 637. The van der Waals surface area contributed by atoms with Crippen molar-refractivity contribution in [2.75, 3.05) is 0 Å². The number of aromatic nitrogens is 1. The summed E-state index contributed by atoms with van der Waals surface area (Å²) in [6.45, 7) is 4.36. The Kier molecular flexibility index (Phi) is 9.98.